The lowest BCUT2D eigenvalue weighted by molar-refractivity contribution is 0.669. The molecule has 0 amide bonds. The molecule has 0 fully saturated rings. The third-order valence-electron chi connectivity index (χ3n) is 24.1. The molecule has 0 radical (unpaired) electrons. The molecule has 572 valence electrons. The molecule has 0 unspecified atom stereocenters. The number of benzene rings is 21. The minimum Gasteiger partial charge on any atom is -0.456 e. The van der Waals surface area contributed by atoms with Crippen LogP contribution in [0.3, 0.4) is 0 Å². The number of furan rings is 2. The van der Waals surface area contributed by atoms with Crippen LogP contribution in [-0.2, 0) is 0 Å². The molecule has 0 saturated carbocycles. The fourth-order valence-corrected chi connectivity index (χ4v) is 18.2. The highest BCUT2D eigenvalue weighted by Gasteiger charge is 2.23. The maximum absolute atomic E-state index is 6.79. The number of anilines is 6. The fraction of sp³-hybridized carbons (Fsp3) is 0. The first kappa shape index (κ1) is 72.3. The van der Waals surface area contributed by atoms with Gasteiger partial charge in [-0.2, -0.15) is 0 Å². The van der Waals surface area contributed by atoms with Gasteiger partial charge in [0.1, 0.15) is 22.3 Å². The minimum atomic E-state index is 0.852. The summed E-state index contributed by atoms with van der Waals surface area (Å²) in [6.07, 6.45) is 0. The molecule has 0 spiro atoms. The summed E-state index contributed by atoms with van der Waals surface area (Å²) >= 11 is 0. The van der Waals surface area contributed by atoms with Gasteiger partial charge in [-0.15, -0.1) is 0 Å². The Kier molecular flexibility index (Phi) is 18.6. The van der Waals surface area contributed by atoms with E-state index >= 15 is 0 Å². The van der Waals surface area contributed by atoms with Gasteiger partial charge in [0.15, 0.2) is 0 Å². The lowest BCUT2D eigenvalue weighted by Crippen LogP contribution is -2.10. The van der Waals surface area contributed by atoms with Gasteiger partial charge in [0.2, 0.25) is 0 Å². The van der Waals surface area contributed by atoms with Gasteiger partial charge in [0.25, 0.3) is 0 Å². The van der Waals surface area contributed by atoms with Crippen LogP contribution in [0.5, 0.6) is 0 Å². The van der Waals surface area contributed by atoms with Gasteiger partial charge in [-0.25, -0.2) is 0 Å². The Morgan fingerprint density at radius 1 is 0.131 bits per heavy atom. The molecule has 0 aliphatic heterocycles. The summed E-state index contributed by atoms with van der Waals surface area (Å²) in [5.41, 5.74) is 31.0. The minimum absolute atomic E-state index is 0.852. The molecule has 4 heteroatoms. The average molecular weight is 1560 g/mol. The third-order valence-corrected chi connectivity index (χ3v) is 24.1. The highest BCUT2D eigenvalue weighted by Crippen LogP contribution is 2.47. The van der Waals surface area contributed by atoms with E-state index in [2.05, 4.69) is 471 Å². The topological polar surface area (TPSA) is 32.8 Å². The number of hydrogen-bond donors (Lipinski definition) is 0. The molecular formula is C118H78N2O2. The van der Waals surface area contributed by atoms with Crippen LogP contribution in [0.15, 0.2) is 482 Å². The maximum Gasteiger partial charge on any atom is 0.143 e. The SMILES string of the molecule is c1cc(-c2ccc(-c3cccc4ccccc34)cc2)cc(-c2cccc(-c3cccc(N(c4cccc(-c5cccc6ccccc56)c4)c4ccc5c(c4)oc4ccccc45)c3)c2)c1.c1ccc(-c2cccc3c2oc2cc(N(c4cccc(-c5cccc(-c6cccc7ccccc67)c5)c4)c4cccc(-c5cccc6ccccc56)c4)ccc23)cc1. The first-order valence-electron chi connectivity index (χ1n) is 41.7. The number of fused-ring (bicyclic) bond motifs is 10. The molecule has 2 aromatic heterocycles. The second kappa shape index (κ2) is 31.4. The number of para-hydroxylation sites is 2. The van der Waals surface area contributed by atoms with Crippen LogP contribution >= 0.6 is 0 Å². The first-order valence-corrected chi connectivity index (χ1v) is 41.7. The van der Waals surface area contributed by atoms with Crippen molar-refractivity contribution in [2.75, 3.05) is 9.80 Å². The van der Waals surface area contributed by atoms with E-state index in [1.54, 1.807) is 0 Å². The van der Waals surface area contributed by atoms with E-state index in [1.165, 1.54) is 98.7 Å². The zero-order chi connectivity index (χ0) is 80.8. The van der Waals surface area contributed by atoms with E-state index in [1.807, 2.05) is 12.1 Å². The lowest BCUT2D eigenvalue weighted by Gasteiger charge is -2.26. The van der Waals surface area contributed by atoms with Crippen molar-refractivity contribution in [1.82, 2.24) is 0 Å². The summed E-state index contributed by atoms with van der Waals surface area (Å²) in [6.45, 7) is 0. The third kappa shape index (κ3) is 13.7. The average Bonchev–Trinajstić information content (AvgIpc) is 1.58. The molecule has 122 heavy (non-hydrogen) atoms. The molecule has 0 aliphatic carbocycles. The van der Waals surface area contributed by atoms with E-state index in [9.17, 15) is 0 Å². The van der Waals surface area contributed by atoms with Crippen molar-refractivity contribution in [1.29, 1.82) is 0 Å². The Morgan fingerprint density at radius 2 is 0.393 bits per heavy atom. The molecule has 23 rings (SSSR count). The highest BCUT2D eigenvalue weighted by atomic mass is 16.3. The van der Waals surface area contributed by atoms with E-state index in [0.29, 0.717) is 0 Å². The van der Waals surface area contributed by atoms with E-state index in [-0.39, 0.29) is 0 Å². The van der Waals surface area contributed by atoms with Crippen molar-refractivity contribution >= 4 is 121 Å². The maximum atomic E-state index is 6.79. The number of hydrogen-bond acceptors (Lipinski definition) is 4. The quantitative estimate of drug-likeness (QED) is 0.102. The van der Waals surface area contributed by atoms with Gasteiger partial charge in [-0.05, 0) is 235 Å². The van der Waals surface area contributed by atoms with Gasteiger partial charge in [-0.3, -0.25) is 0 Å². The Labute approximate surface area is 708 Å². The molecule has 21 aromatic carbocycles. The van der Waals surface area contributed by atoms with Gasteiger partial charge in [-0.1, -0.05) is 364 Å². The lowest BCUT2D eigenvalue weighted by atomic mass is 9.94. The van der Waals surface area contributed by atoms with Crippen molar-refractivity contribution in [2.24, 2.45) is 0 Å². The second-order valence-electron chi connectivity index (χ2n) is 31.4. The van der Waals surface area contributed by atoms with Crippen molar-refractivity contribution in [3.63, 3.8) is 0 Å². The molecule has 2 heterocycles. The molecule has 0 N–H and O–H groups in total. The smallest absolute Gasteiger partial charge is 0.143 e. The summed E-state index contributed by atoms with van der Waals surface area (Å²) in [4.78, 5) is 4.71. The van der Waals surface area contributed by atoms with Crippen LogP contribution in [0, 0.1) is 0 Å². The second-order valence-corrected chi connectivity index (χ2v) is 31.4. The van der Waals surface area contributed by atoms with Gasteiger partial charge in [0.05, 0.1) is 0 Å². The Balaban J connectivity index is 0.000000146. The van der Waals surface area contributed by atoms with Crippen LogP contribution < -0.4 is 9.80 Å². The predicted molar refractivity (Wildman–Crippen MR) is 516 cm³/mol. The molecule has 0 bridgehead atoms. The van der Waals surface area contributed by atoms with Crippen molar-refractivity contribution in [3.05, 3.63) is 473 Å². The predicted octanol–water partition coefficient (Wildman–Crippen LogP) is 33.7. The van der Waals surface area contributed by atoms with Crippen LogP contribution in [0.25, 0.3) is 187 Å². The molecule has 0 atom stereocenters. The van der Waals surface area contributed by atoms with Crippen LogP contribution in [-0.4, -0.2) is 0 Å². The summed E-state index contributed by atoms with van der Waals surface area (Å²) in [7, 11) is 0. The first-order chi connectivity index (χ1) is 60.4. The van der Waals surface area contributed by atoms with Crippen molar-refractivity contribution in [3.8, 4) is 100 Å². The molecular weight excluding hydrogens is 1480 g/mol. The summed E-state index contributed by atoms with van der Waals surface area (Å²) in [6, 6.07) is 170. The normalized spacial score (nSPS) is 11.4. The van der Waals surface area contributed by atoms with Gasteiger partial charge >= 0.3 is 0 Å². The highest BCUT2D eigenvalue weighted by molar-refractivity contribution is 6.12. The van der Waals surface area contributed by atoms with Gasteiger partial charge in [0, 0.05) is 73.4 Å². The zero-order valence-electron chi connectivity index (χ0n) is 66.7. The largest absolute Gasteiger partial charge is 0.456 e. The molecule has 0 saturated heterocycles. The monoisotopic (exact) mass is 1550 g/mol. The van der Waals surface area contributed by atoms with Crippen LogP contribution in [0.2, 0.25) is 0 Å². The Hall–Kier alpha value is -16.1. The van der Waals surface area contributed by atoms with Crippen LogP contribution in [0.1, 0.15) is 0 Å². The Morgan fingerprint density at radius 3 is 0.852 bits per heavy atom. The van der Waals surface area contributed by atoms with E-state index in [0.717, 1.165) is 123 Å². The fourth-order valence-electron chi connectivity index (χ4n) is 18.2. The standard InChI is InChI=1S/C62H41NO.C56H37NO/c1-3-25-55-43(13-1)15-11-28-57(55)45-33-31-42(32-34-45)46-17-7-18-47(37-46)48-19-8-20-49(38-48)50-21-9-23-52(39-50)63(54-35-36-60-59-27-5-6-30-61(59)64-62(60)41-54)53-24-10-22-51(40-53)58-29-12-16-44-14-2-4-26-56(44)58;1-2-14-40(15-3-1)52-30-13-31-54-53-33-32-47(37-55(53)58-56(52)54)57(46-25-10-23-44(36-46)51-29-12-19-39-17-5-7-27-49(39)51)45-24-9-21-42(35-45)41-20-8-22-43(34-41)50-28-11-18-38-16-4-6-26-48(38)50/h1-41H;1-37H. The zero-order valence-corrected chi connectivity index (χ0v) is 66.7. The number of rotatable bonds is 15. The van der Waals surface area contributed by atoms with E-state index < -0.39 is 0 Å². The van der Waals surface area contributed by atoms with Crippen LogP contribution in [0.4, 0.5) is 34.1 Å². The summed E-state index contributed by atoms with van der Waals surface area (Å²) in [5, 5.41) is 14.4. The van der Waals surface area contributed by atoms with E-state index in [4.69, 9.17) is 8.83 Å². The molecule has 4 nitrogen and oxygen atoms in total. The molecule has 23 aromatic rings. The Bertz CT molecular complexity index is 7910. The summed E-state index contributed by atoms with van der Waals surface area (Å²) in [5.74, 6) is 0. The summed E-state index contributed by atoms with van der Waals surface area (Å²) < 4.78 is 13.2. The van der Waals surface area contributed by atoms with Gasteiger partial charge < -0.3 is 18.6 Å². The number of nitrogens with zero attached hydrogens (tertiary/aromatic N) is 2. The van der Waals surface area contributed by atoms with Crippen molar-refractivity contribution in [2.45, 2.75) is 0 Å². The van der Waals surface area contributed by atoms with Crippen molar-refractivity contribution < 1.29 is 8.83 Å². The molecule has 0 aliphatic rings.